The van der Waals surface area contributed by atoms with Crippen molar-refractivity contribution in [2.45, 2.75) is 39.5 Å². The molecule has 0 amide bonds. The number of benzene rings is 1. The van der Waals surface area contributed by atoms with Crippen LogP contribution in [-0.2, 0) is 22.5 Å². The largest absolute Gasteiger partial charge is 0.508 e. The van der Waals surface area contributed by atoms with Gasteiger partial charge in [-0.2, -0.15) is 0 Å². The van der Waals surface area contributed by atoms with Gasteiger partial charge in [0.1, 0.15) is 5.75 Å². The van der Waals surface area contributed by atoms with Crippen LogP contribution in [0.5, 0.6) is 5.75 Å². The van der Waals surface area contributed by atoms with Gasteiger partial charge >= 0.3 is 0 Å². The highest BCUT2D eigenvalue weighted by Crippen LogP contribution is 2.31. The van der Waals surface area contributed by atoms with E-state index in [1.54, 1.807) is 11.3 Å². The summed E-state index contributed by atoms with van der Waals surface area (Å²) < 4.78 is 0. The van der Waals surface area contributed by atoms with E-state index in [4.69, 9.17) is 9.68 Å². The topological polar surface area (TPSA) is 41.9 Å². The molecule has 20 heavy (non-hydrogen) atoms. The Morgan fingerprint density at radius 1 is 1.30 bits per heavy atom. The third-order valence-electron chi connectivity index (χ3n) is 3.68. The minimum absolute atomic E-state index is 0.435. The van der Waals surface area contributed by atoms with Gasteiger partial charge in [-0.3, -0.25) is 9.68 Å². The standard InChI is InChI=1S/C16H25NO3/c1-3-10-20-17(19-4-2)12-13-8-9-15-14(11-13)6-5-7-16(15)18/h5-7,13,18H,3-4,8-12H2,1-2H3. The van der Waals surface area contributed by atoms with Crippen LogP contribution in [0.15, 0.2) is 18.2 Å². The second-order valence-corrected chi connectivity index (χ2v) is 5.29. The Kier molecular flexibility index (Phi) is 5.83. The average molecular weight is 279 g/mol. The molecule has 1 aliphatic carbocycles. The maximum atomic E-state index is 9.87. The highest BCUT2D eigenvalue weighted by Gasteiger charge is 2.23. The lowest BCUT2D eigenvalue weighted by Crippen LogP contribution is -2.33. The first-order valence-corrected chi connectivity index (χ1v) is 7.57. The summed E-state index contributed by atoms with van der Waals surface area (Å²) in [6.45, 7) is 6.14. The van der Waals surface area contributed by atoms with Crippen molar-refractivity contribution in [3.05, 3.63) is 29.3 Å². The number of phenolic OH excluding ortho intramolecular Hbond substituents is 1. The monoisotopic (exact) mass is 279 g/mol. The first-order chi connectivity index (χ1) is 9.74. The minimum atomic E-state index is 0.435. The van der Waals surface area contributed by atoms with Gasteiger partial charge in [0.2, 0.25) is 0 Å². The number of aromatic hydroxyl groups is 1. The minimum Gasteiger partial charge on any atom is -0.508 e. The average Bonchev–Trinajstić information content (AvgIpc) is 2.45. The van der Waals surface area contributed by atoms with Gasteiger partial charge in [-0.15, -0.1) is 0 Å². The Balaban J connectivity index is 1.94. The molecule has 112 valence electrons. The van der Waals surface area contributed by atoms with Crippen LogP contribution in [0.4, 0.5) is 0 Å². The van der Waals surface area contributed by atoms with Crippen molar-refractivity contribution < 1.29 is 14.8 Å². The molecule has 1 aromatic rings. The van der Waals surface area contributed by atoms with E-state index >= 15 is 0 Å². The van der Waals surface area contributed by atoms with Crippen molar-refractivity contribution >= 4 is 0 Å². The van der Waals surface area contributed by atoms with Gasteiger partial charge in [0.25, 0.3) is 0 Å². The number of hydroxylamine groups is 2. The summed E-state index contributed by atoms with van der Waals surface area (Å²) in [6.07, 6.45) is 3.94. The predicted octanol–water partition coefficient (Wildman–Crippen LogP) is 3.09. The highest BCUT2D eigenvalue weighted by atomic mass is 16.9. The summed E-state index contributed by atoms with van der Waals surface area (Å²) >= 11 is 0. The number of rotatable bonds is 7. The van der Waals surface area contributed by atoms with Gasteiger partial charge in [-0.25, -0.2) is 0 Å². The Bertz CT molecular complexity index is 422. The van der Waals surface area contributed by atoms with Crippen molar-refractivity contribution in [1.82, 2.24) is 5.23 Å². The number of phenols is 1. The molecule has 1 aromatic carbocycles. The van der Waals surface area contributed by atoms with Gasteiger partial charge in [0, 0.05) is 0 Å². The maximum Gasteiger partial charge on any atom is 0.119 e. The third kappa shape index (κ3) is 3.95. The molecule has 0 spiro atoms. The SMILES string of the molecule is CCCON(CC1CCc2c(O)cccc2C1)OCC. The molecule has 0 aromatic heterocycles. The van der Waals surface area contributed by atoms with Gasteiger partial charge in [-0.1, -0.05) is 24.3 Å². The van der Waals surface area contributed by atoms with E-state index in [1.807, 2.05) is 13.0 Å². The summed E-state index contributed by atoms with van der Waals surface area (Å²) in [5.74, 6) is 0.942. The molecular weight excluding hydrogens is 254 g/mol. The second kappa shape index (κ2) is 7.62. The normalized spacial score (nSPS) is 18.2. The zero-order valence-corrected chi connectivity index (χ0v) is 12.5. The Morgan fingerprint density at radius 2 is 2.15 bits per heavy atom. The van der Waals surface area contributed by atoms with E-state index in [2.05, 4.69) is 13.0 Å². The highest BCUT2D eigenvalue weighted by molar-refractivity contribution is 5.40. The van der Waals surface area contributed by atoms with Gasteiger partial charge in [0.15, 0.2) is 0 Å². The summed E-state index contributed by atoms with van der Waals surface area (Å²) in [5, 5.41) is 11.5. The molecule has 0 heterocycles. The molecule has 1 N–H and O–H groups in total. The summed E-state index contributed by atoms with van der Waals surface area (Å²) in [4.78, 5) is 11.1. The fraction of sp³-hybridized carbons (Fsp3) is 0.625. The molecule has 0 saturated heterocycles. The zero-order valence-electron chi connectivity index (χ0n) is 12.5. The van der Waals surface area contributed by atoms with Gasteiger partial charge in [-0.05, 0) is 55.7 Å². The molecule has 1 unspecified atom stereocenters. The van der Waals surface area contributed by atoms with E-state index in [-0.39, 0.29) is 0 Å². The third-order valence-corrected chi connectivity index (χ3v) is 3.68. The molecule has 1 aliphatic rings. The first-order valence-electron chi connectivity index (χ1n) is 7.57. The molecule has 0 radical (unpaired) electrons. The number of hydrogen-bond acceptors (Lipinski definition) is 4. The fourth-order valence-electron chi connectivity index (χ4n) is 2.71. The number of hydrogen-bond donors (Lipinski definition) is 1. The fourth-order valence-corrected chi connectivity index (χ4v) is 2.71. The van der Waals surface area contributed by atoms with Gasteiger partial charge < -0.3 is 5.11 Å². The van der Waals surface area contributed by atoms with Crippen LogP contribution in [0.1, 0.15) is 37.8 Å². The van der Waals surface area contributed by atoms with Crippen molar-refractivity contribution in [3.63, 3.8) is 0 Å². The van der Waals surface area contributed by atoms with E-state index in [9.17, 15) is 5.11 Å². The molecule has 0 fully saturated rings. The van der Waals surface area contributed by atoms with Crippen LogP contribution in [0.3, 0.4) is 0 Å². The van der Waals surface area contributed by atoms with Crippen molar-refractivity contribution in [1.29, 1.82) is 0 Å². The van der Waals surface area contributed by atoms with Crippen LogP contribution in [-0.4, -0.2) is 30.1 Å². The molecule has 4 heteroatoms. The Morgan fingerprint density at radius 3 is 2.90 bits per heavy atom. The van der Waals surface area contributed by atoms with Crippen LogP contribution in [0.2, 0.25) is 0 Å². The zero-order chi connectivity index (χ0) is 14.4. The molecule has 2 rings (SSSR count). The van der Waals surface area contributed by atoms with E-state index < -0.39 is 0 Å². The van der Waals surface area contributed by atoms with E-state index in [0.717, 1.165) is 37.8 Å². The second-order valence-electron chi connectivity index (χ2n) is 5.29. The van der Waals surface area contributed by atoms with Crippen LogP contribution < -0.4 is 0 Å². The summed E-state index contributed by atoms with van der Waals surface area (Å²) in [6, 6.07) is 5.81. The lowest BCUT2D eigenvalue weighted by atomic mass is 9.83. The molecule has 4 nitrogen and oxygen atoms in total. The van der Waals surface area contributed by atoms with Crippen molar-refractivity contribution in [3.8, 4) is 5.75 Å². The number of fused-ring (bicyclic) bond motifs is 1. The Hall–Kier alpha value is -1.10. The predicted molar refractivity (Wildman–Crippen MR) is 78.2 cm³/mol. The van der Waals surface area contributed by atoms with Crippen LogP contribution in [0, 0.1) is 5.92 Å². The van der Waals surface area contributed by atoms with Crippen molar-refractivity contribution in [2.75, 3.05) is 19.8 Å². The van der Waals surface area contributed by atoms with Crippen LogP contribution in [0.25, 0.3) is 0 Å². The summed E-state index contributed by atoms with van der Waals surface area (Å²) in [7, 11) is 0. The van der Waals surface area contributed by atoms with Crippen molar-refractivity contribution in [2.24, 2.45) is 5.92 Å². The molecule has 1 atom stereocenters. The quantitative estimate of drug-likeness (QED) is 0.779. The molecular formula is C16H25NO3. The lowest BCUT2D eigenvalue weighted by Gasteiger charge is -2.29. The van der Waals surface area contributed by atoms with Crippen LogP contribution >= 0.6 is 0 Å². The molecule has 0 saturated carbocycles. The maximum absolute atomic E-state index is 9.87. The van der Waals surface area contributed by atoms with E-state index in [0.29, 0.717) is 24.9 Å². The Labute approximate surface area is 121 Å². The smallest absolute Gasteiger partial charge is 0.119 e. The number of nitrogens with zero attached hydrogens (tertiary/aromatic N) is 1. The first kappa shape index (κ1) is 15.3. The molecule has 0 bridgehead atoms. The molecule has 0 aliphatic heterocycles. The van der Waals surface area contributed by atoms with Gasteiger partial charge in [0.05, 0.1) is 19.8 Å². The summed E-state index contributed by atoms with van der Waals surface area (Å²) in [5.41, 5.74) is 2.37. The lowest BCUT2D eigenvalue weighted by molar-refractivity contribution is -0.370. The van der Waals surface area contributed by atoms with E-state index in [1.165, 1.54) is 5.56 Å².